The summed E-state index contributed by atoms with van der Waals surface area (Å²) < 4.78 is 4.32. The summed E-state index contributed by atoms with van der Waals surface area (Å²) >= 11 is 0. The third kappa shape index (κ3) is 4.35. The van der Waals surface area contributed by atoms with Crippen molar-refractivity contribution >= 4 is 5.82 Å². The molecule has 4 fully saturated rings. The molecule has 0 spiro atoms. The van der Waals surface area contributed by atoms with Gasteiger partial charge in [-0.2, -0.15) is 10.2 Å². The quantitative estimate of drug-likeness (QED) is 0.224. The number of nitrogens with two attached hydrogens (primary N) is 1. The topological polar surface area (TPSA) is 87.4 Å². The summed E-state index contributed by atoms with van der Waals surface area (Å²) in [6, 6.07) is 21.7. The molecule has 204 valence electrons. The van der Waals surface area contributed by atoms with Gasteiger partial charge in [0.05, 0.1) is 34.7 Å². The summed E-state index contributed by atoms with van der Waals surface area (Å²) in [5, 5.41) is 9.99. The number of nitrogen functional groups attached to an aromatic ring is 1. The van der Waals surface area contributed by atoms with Crippen LogP contribution < -0.4 is 5.73 Å². The molecule has 7 heteroatoms. The Hall–Kier alpha value is -4.26. The van der Waals surface area contributed by atoms with Crippen molar-refractivity contribution in [3.63, 3.8) is 0 Å². The highest BCUT2D eigenvalue weighted by atomic mass is 15.3. The highest BCUT2D eigenvalue weighted by Crippen LogP contribution is 2.46. The lowest BCUT2D eigenvalue weighted by Crippen LogP contribution is -2.03. The van der Waals surface area contributed by atoms with Crippen molar-refractivity contribution in [2.24, 2.45) is 0 Å². The molecule has 0 aliphatic heterocycles. The van der Waals surface area contributed by atoms with Crippen LogP contribution in [-0.2, 0) is 0 Å². The van der Waals surface area contributed by atoms with Crippen molar-refractivity contribution in [1.29, 1.82) is 0 Å². The van der Waals surface area contributed by atoms with Crippen LogP contribution in [0.2, 0.25) is 0 Å². The van der Waals surface area contributed by atoms with E-state index in [1.165, 1.54) is 74.1 Å². The Balaban J connectivity index is 1.00. The molecule has 2 N–H and O–H groups in total. The number of hydrogen-bond donors (Lipinski definition) is 1. The first-order valence-electron chi connectivity index (χ1n) is 15.2. The standard InChI is InChI=1S/C34H33N7/c35-34-33(25-11-15-27(16-12-25)41-32(24-7-8-24)18-29(39-41)21-3-4-21)37-30(19-36-34)22-9-13-26(14-10-22)40-31(23-5-6-23)17-28(38-40)20-1-2-20/h9-21,23-24H,1-8H2,(H2,35,36). The minimum Gasteiger partial charge on any atom is -0.382 e. The molecule has 0 atom stereocenters. The second kappa shape index (κ2) is 8.87. The Labute approximate surface area is 239 Å². The Morgan fingerprint density at radius 1 is 0.585 bits per heavy atom. The largest absolute Gasteiger partial charge is 0.382 e. The van der Waals surface area contributed by atoms with Gasteiger partial charge in [0.25, 0.3) is 0 Å². The first-order chi connectivity index (χ1) is 20.2. The smallest absolute Gasteiger partial charge is 0.150 e. The van der Waals surface area contributed by atoms with Gasteiger partial charge in [0.1, 0.15) is 11.5 Å². The minimum atomic E-state index is 0.435. The first kappa shape index (κ1) is 23.4. The average molecular weight is 540 g/mol. The predicted molar refractivity (Wildman–Crippen MR) is 159 cm³/mol. The van der Waals surface area contributed by atoms with E-state index in [1.807, 2.05) is 0 Å². The van der Waals surface area contributed by atoms with Crippen LogP contribution in [0.5, 0.6) is 0 Å². The normalized spacial score (nSPS) is 18.6. The molecule has 3 aromatic heterocycles. The van der Waals surface area contributed by atoms with Gasteiger partial charge in [0.2, 0.25) is 0 Å². The van der Waals surface area contributed by atoms with Gasteiger partial charge in [-0.1, -0.05) is 24.3 Å². The van der Waals surface area contributed by atoms with Gasteiger partial charge in [-0.25, -0.2) is 19.3 Å². The van der Waals surface area contributed by atoms with Gasteiger partial charge in [-0.05, 0) is 87.8 Å². The number of rotatable bonds is 8. The lowest BCUT2D eigenvalue weighted by atomic mass is 10.1. The van der Waals surface area contributed by atoms with Crippen LogP contribution in [0, 0.1) is 0 Å². The molecule has 41 heavy (non-hydrogen) atoms. The van der Waals surface area contributed by atoms with Crippen molar-refractivity contribution in [2.45, 2.75) is 75.0 Å². The molecule has 0 unspecified atom stereocenters. The van der Waals surface area contributed by atoms with Gasteiger partial charge in [-0.15, -0.1) is 0 Å². The molecule has 4 aliphatic carbocycles. The molecule has 3 heterocycles. The molecule has 0 amide bonds. The number of nitrogens with zero attached hydrogens (tertiary/aromatic N) is 6. The average Bonchev–Trinajstić information content (AvgIpc) is 3.83. The third-order valence-electron chi connectivity index (χ3n) is 9.09. The van der Waals surface area contributed by atoms with E-state index in [2.05, 4.69) is 75.0 Å². The molecule has 4 saturated carbocycles. The molecule has 0 saturated heterocycles. The zero-order chi connectivity index (χ0) is 27.1. The van der Waals surface area contributed by atoms with Crippen LogP contribution in [0.25, 0.3) is 33.9 Å². The molecule has 9 rings (SSSR count). The van der Waals surface area contributed by atoms with Gasteiger partial charge in [0.15, 0.2) is 0 Å². The summed E-state index contributed by atoms with van der Waals surface area (Å²) in [7, 11) is 0. The highest BCUT2D eigenvalue weighted by Gasteiger charge is 2.34. The Kier molecular flexibility index (Phi) is 5.07. The molecule has 0 radical (unpaired) electrons. The third-order valence-corrected chi connectivity index (χ3v) is 9.09. The number of benzene rings is 2. The number of hydrogen-bond acceptors (Lipinski definition) is 5. The molecular formula is C34H33N7. The van der Waals surface area contributed by atoms with Crippen LogP contribution in [-0.4, -0.2) is 29.5 Å². The van der Waals surface area contributed by atoms with Crippen molar-refractivity contribution < 1.29 is 0 Å². The van der Waals surface area contributed by atoms with E-state index in [4.69, 9.17) is 20.9 Å². The van der Waals surface area contributed by atoms with E-state index in [-0.39, 0.29) is 0 Å². The molecule has 4 aliphatic rings. The molecular weight excluding hydrogens is 506 g/mol. The lowest BCUT2D eigenvalue weighted by molar-refractivity contribution is 0.787. The molecule has 0 bridgehead atoms. The Morgan fingerprint density at radius 3 is 1.51 bits per heavy atom. The Morgan fingerprint density at radius 2 is 1.05 bits per heavy atom. The maximum atomic E-state index is 6.34. The summed E-state index contributed by atoms with van der Waals surface area (Å²) in [6.45, 7) is 0. The van der Waals surface area contributed by atoms with E-state index in [9.17, 15) is 0 Å². The summed E-state index contributed by atoms with van der Waals surface area (Å²) in [4.78, 5) is 9.49. The van der Waals surface area contributed by atoms with E-state index in [0.29, 0.717) is 35.2 Å². The van der Waals surface area contributed by atoms with Crippen molar-refractivity contribution in [2.75, 3.05) is 5.73 Å². The van der Waals surface area contributed by atoms with Crippen LogP contribution in [0.1, 0.15) is 97.8 Å². The van der Waals surface area contributed by atoms with E-state index in [0.717, 1.165) is 28.2 Å². The van der Waals surface area contributed by atoms with Crippen LogP contribution >= 0.6 is 0 Å². The lowest BCUT2D eigenvalue weighted by Gasteiger charge is -2.11. The summed E-state index contributed by atoms with van der Waals surface area (Å²) in [5.74, 6) is 3.05. The molecule has 5 aromatic rings. The van der Waals surface area contributed by atoms with E-state index < -0.39 is 0 Å². The number of anilines is 1. The predicted octanol–water partition coefficient (Wildman–Crippen LogP) is 7.27. The molecule has 2 aromatic carbocycles. The zero-order valence-corrected chi connectivity index (χ0v) is 23.1. The van der Waals surface area contributed by atoms with Gasteiger partial charge in [-0.3, -0.25) is 0 Å². The van der Waals surface area contributed by atoms with E-state index >= 15 is 0 Å². The van der Waals surface area contributed by atoms with Gasteiger partial charge < -0.3 is 5.73 Å². The first-order valence-corrected chi connectivity index (χ1v) is 15.2. The number of aromatic nitrogens is 6. The fourth-order valence-electron chi connectivity index (χ4n) is 6.02. The zero-order valence-electron chi connectivity index (χ0n) is 23.1. The highest BCUT2D eigenvalue weighted by molar-refractivity contribution is 5.74. The second-order valence-corrected chi connectivity index (χ2v) is 12.5. The van der Waals surface area contributed by atoms with Crippen LogP contribution in [0.15, 0.2) is 66.9 Å². The van der Waals surface area contributed by atoms with E-state index in [1.54, 1.807) is 6.20 Å². The second-order valence-electron chi connectivity index (χ2n) is 12.5. The van der Waals surface area contributed by atoms with Crippen LogP contribution in [0.4, 0.5) is 5.82 Å². The minimum absolute atomic E-state index is 0.435. The maximum absolute atomic E-state index is 6.34. The van der Waals surface area contributed by atoms with Crippen LogP contribution in [0.3, 0.4) is 0 Å². The summed E-state index contributed by atoms with van der Waals surface area (Å²) in [6.07, 6.45) is 11.9. The van der Waals surface area contributed by atoms with Gasteiger partial charge >= 0.3 is 0 Å². The van der Waals surface area contributed by atoms with Gasteiger partial charge in [0, 0.05) is 46.2 Å². The van der Waals surface area contributed by atoms with Crippen molar-refractivity contribution in [3.05, 3.63) is 89.6 Å². The Bertz CT molecular complexity index is 1760. The molecule has 7 nitrogen and oxygen atoms in total. The van der Waals surface area contributed by atoms with Crippen molar-refractivity contribution in [1.82, 2.24) is 29.5 Å². The monoisotopic (exact) mass is 539 g/mol. The fourth-order valence-corrected chi connectivity index (χ4v) is 6.02. The fraction of sp³-hybridized carbons (Fsp3) is 0.353. The SMILES string of the molecule is Nc1ncc(-c2ccc(-n3nc(C4CC4)cc3C3CC3)cc2)nc1-c1ccc(-n2nc(C3CC3)cc2C2CC2)cc1. The maximum Gasteiger partial charge on any atom is 0.150 e. The van der Waals surface area contributed by atoms with Crippen molar-refractivity contribution in [3.8, 4) is 33.9 Å². The summed E-state index contributed by atoms with van der Waals surface area (Å²) in [5.41, 5.74) is 17.3.